The van der Waals surface area contributed by atoms with Crippen LogP contribution in [0.2, 0.25) is 0 Å². The van der Waals surface area contributed by atoms with Crippen molar-refractivity contribution in [1.82, 2.24) is 15.1 Å². The van der Waals surface area contributed by atoms with Crippen molar-refractivity contribution in [2.45, 2.75) is 32.9 Å². The van der Waals surface area contributed by atoms with Gasteiger partial charge in [0.15, 0.2) is 0 Å². The summed E-state index contributed by atoms with van der Waals surface area (Å²) in [6.07, 6.45) is 3.15. The monoisotopic (exact) mass is 179 g/mol. The summed E-state index contributed by atoms with van der Waals surface area (Å²) in [4.78, 5) is 2.51. The number of aromatic amines is 1. The lowest BCUT2D eigenvalue weighted by molar-refractivity contribution is 0.236. The van der Waals surface area contributed by atoms with Crippen LogP contribution in [0.4, 0.5) is 0 Å². The van der Waals surface area contributed by atoms with Crippen molar-refractivity contribution in [2.75, 3.05) is 6.54 Å². The summed E-state index contributed by atoms with van der Waals surface area (Å²) >= 11 is 0. The second kappa shape index (κ2) is 3.50. The molecule has 0 spiro atoms. The van der Waals surface area contributed by atoms with Crippen LogP contribution in [0, 0.1) is 5.92 Å². The Morgan fingerprint density at radius 1 is 1.62 bits per heavy atom. The molecule has 1 fully saturated rings. The van der Waals surface area contributed by atoms with Crippen LogP contribution >= 0.6 is 0 Å². The second-order valence-corrected chi connectivity index (χ2v) is 4.06. The van der Waals surface area contributed by atoms with E-state index in [2.05, 4.69) is 35.0 Å². The molecule has 1 aromatic rings. The van der Waals surface area contributed by atoms with Crippen LogP contribution in [0.3, 0.4) is 0 Å². The van der Waals surface area contributed by atoms with E-state index in [0.29, 0.717) is 6.04 Å². The summed E-state index contributed by atoms with van der Waals surface area (Å²) in [5.41, 5.74) is 1.22. The minimum absolute atomic E-state index is 0.711. The highest BCUT2D eigenvalue weighted by atomic mass is 15.2. The zero-order chi connectivity index (χ0) is 9.26. The normalized spacial score (nSPS) is 29.7. The molecule has 0 aromatic carbocycles. The van der Waals surface area contributed by atoms with Crippen molar-refractivity contribution in [3.8, 4) is 0 Å². The van der Waals surface area contributed by atoms with Gasteiger partial charge in [-0.15, -0.1) is 0 Å². The van der Waals surface area contributed by atoms with Gasteiger partial charge in [-0.2, -0.15) is 5.10 Å². The van der Waals surface area contributed by atoms with E-state index in [1.807, 2.05) is 6.20 Å². The van der Waals surface area contributed by atoms with Crippen molar-refractivity contribution in [3.05, 3.63) is 18.0 Å². The molecule has 0 saturated carbocycles. The predicted molar refractivity (Wildman–Crippen MR) is 52.2 cm³/mol. The molecule has 2 atom stereocenters. The molecule has 0 radical (unpaired) electrons. The van der Waals surface area contributed by atoms with E-state index >= 15 is 0 Å². The number of likely N-dealkylation sites (tertiary alicyclic amines) is 1. The molecule has 2 rings (SSSR count). The summed E-state index contributed by atoms with van der Waals surface area (Å²) < 4.78 is 0. The third-order valence-corrected chi connectivity index (χ3v) is 3.20. The maximum absolute atomic E-state index is 3.96. The van der Waals surface area contributed by atoms with Gasteiger partial charge in [-0.3, -0.25) is 10.00 Å². The molecule has 2 unspecified atom stereocenters. The lowest BCUT2D eigenvalue weighted by Gasteiger charge is -2.21. The molecule has 0 amide bonds. The first kappa shape index (κ1) is 8.75. The maximum atomic E-state index is 3.96. The highest BCUT2D eigenvalue weighted by Gasteiger charge is 2.26. The Morgan fingerprint density at radius 2 is 2.46 bits per heavy atom. The Kier molecular flexibility index (Phi) is 2.36. The van der Waals surface area contributed by atoms with Crippen LogP contribution in [0.25, 0.3) is 0 Å². The maximum Gasteiger partial charge on any atom is 0.0492 e. The van der Waals surface area contributed by atoms with E-state index in [1.165, 1.54) is 18.7 Å². The molecule has 13 heavy (non-hydrogen) atoms. The van der Waals surface area contributed by atoms with Crippen LogP contribution in [-0.4, -0.2) is 27.7 Å². The molecule has 1 saturated heterocycles. The van der Waals surface area contributed by atoms with Gasteiger partial charge < -0.3 is 0 Å². The van der Waals surface area contributed by atoms with Crippen LogP contribution < -0.4 is 0 Å². The average Bonchev–Trinajstić information content (AvgIpc) is 2.71. The molecular weight excluding hydrogens is 162 g/mol. The molecule has 3 heteroatoms. The van der Waals surface area contributed by atoms with Crippen molar-refractivity contribution in [2.24, 2.45) is 5.92 Å². The highest BCUT2D eigenvalue weighted by molar-refractivity contribution is 4.98. The summed E-state index contributed by atoms with van der Waals surface area (Å²) in [6.45, 7) is 6.89. The van der Waals surface area contributed by atoms with Crippen LogP contribution in [0.1, 0.15) is 26.0 Å². The third kappa shape index (κ3) is 1.75. The molecular formula is C10H17N3. The number of nitrogens with one attached hydrogen (secondary N) is 1. The Hall–Kier alpha value is -0.830. The molecule has 0 aliphatic carbocycles. The van der Waals surface area contributed by atoms with Gasteiger partial charge in [-0.05, 0) is 31.9 Å². The number of H-pyrrole nitrogens is 1. The Bertz CT molecular complexity index is 255. The third-order valence-electron chi connectivity index (χ3n) is 3.20. The van der Waals surface area contributed by atoms with E-state index in [0.717, 1.165) is 12.5 Å². The molecule has 3 nitrogen and oxygen atoms in total. The number of rotatable bonds is 2. The fourth-order valence-corrected chi connectivity index (χ4v) is 1.99. The lowest BCUT2D eigenvalue weighted by Crippen LogP contribution is -2.28. The van der Waals surface area contributed by atoms with E-state index in [-0.39, 0.29) is 0 Å². The molecule has 2 heterocycles. The highest BCUT2D eigenvalue weighted by Crippen LogP contribution is 2.24. The minimum Gasteiger partial charge on any atom is -0.295 e. The molecule has 1 N–H and O–H groups in total. The van der Waals surface area contributed by atoms with Gasteiger partial charge in [0.1, 0.15) is 0 Å². The lowest BCUT2D eigenvalue weighted by atomic mass is 10.1. The van der Waals surface area contributed by atoms with E-state index in [4.69, 9.17) is 0 Å². The van der Waals surface area contributed by atoms with Gasteiger partial charge in [0.25, 0.3) is 0 Å². The molecule has 1 aromatic heterocycles. The molecule has 72 valence electrons. The van der Waals surface area contributed by atoms with Gasteiger partial charge in [-0.25, -0.2) is 0 Å². The van der Waals surface area contributed by atoms with Crippen molar-refractivity contribution in [3.63, 3.8) is 0 Å². The van der Waals surface area contributed by atoms with Crippen LogP contribution in [-0.2, 0) is 6.54 Å². The fraction of sp³-hybridized carbons (Fsp3) is 0.700. The Balaban J connectivity index is 1.96. The van der Waals surface area contributed by atoms with Gasteiger partial charge in [0.05, 0.1) is 0 Å². The van der Waals surface area contributed by atoms with E-state index in [9.17, 15) is 0 Å². The SMILES string of the molecule is CC1CCN(Cc2ccn[nH]2)C1C. The zero-order valence-electron chi connectivity index (χ0n) is 8.33. The number of aromatic nitrogens is 2. The summed E-state index contributed by atoms with van der Waals surface area (Å²) in [7, 11) is 0. The Morgan fingerprint density at radius 3 is 3.00 bits per heavy atom. The molecule has 1 aliphatic rings. The van der Waals surface area contributed by atoms with Crippen molar-refractivity contribution in [1.29, 1.82) is 0 Å². The number of hydrogen-bond donors (Lipinski definition) is 1. The van der Waals surface area contributed by atoms with E-state index in [1.54, 1.807) is 0 Å². The minimum atomic E-state index is 0.711. The van der Waals surface area contributed by atoms with E-state index < -0.39 is 0 Å². The fourth-order valence-electron chi connectivity index (χ4n) is 1.99. The van der Waals surface area contributed by atoms with Gasteiger partial charge in [0.2, 0.25) is 0 Å². The molecule has 1 aliphatic heterocycles. The first-order valence-corrected chi connectivity index (χ1v) is 4.99. The smallest absolute Gasteiger partial charge is 0.0492 e. The number of hydrogen-bond acceptors (Lipinski definition) is 2. The van der Waals surface area contributed by atoms with Crippen molar-refractivity contribution >= 4 is 0 Å². The summed E-state index contributed by atoms with van der Waals surface area (Å²) in [6, 6.07) is 2.76. The quantitative estimate of drug-likeness (QED) is 0.748. The first-order chi connectivity index (χ1) is 6.27. The van der Waals surface area contributed by atoms with Crippen LogP contribution in [0.15, 0.2) is 12.3 Å². The standard InChI is InChI=1S/C10H17N3/c1-8-4-6-13(9(8)2)7-10-3-5-11-12-10/h3,5,8-9H,4,6-7H2,1-2H3,(H,11,12). The second-order valence-electron chi connectivity index (χ2n) is 4.06. The largest absolute Gasteiger partial charge is 0.295 e. The van der Waals surface area contributed by atoms with Crippen molar-refractivity contribution < 1.29 is 0 Å². The predicted octanol–water partition coefficient (Wildman–Crippen LogP) is 1.64. The Labute approximate surface area is 79.1 Å². The average molecular weight is 179 g/mol. The van der Waals surface area contributed by atoms with Gasteiger partial charge >= 0.3 is 0 Å². The zero-order valence-corrected chi connectivity index (χ0v) is 8.33. The summed E-state index contributed by atoms with van der Waals surface area (Å²) in [5, 5.41) is 6.96. The topological polar surface area (TPSA) is 31.9 Å². The first-order valence-electron chi connectivity index (χ1n) is 4.99. The van der Waals surface area contributed by atoms with Crippen LogP contribution in [0.5, 0.6) is 0 Å². The van der Waals surface area contributed by atoms with Gasteiger partial charge in [-0.1, -0.05) is 6.92 Å². The number of nitrogens with zero attached hydrogens (tertiary/aromatic N) is 2. The molecule has 0 bridgehead atoms. The summed E-state index contributed by atoms with van der Waals surface area (Å²) in [5.74, 6) is 0.836. The van der Waals surface area contributed by atoms with Gasteiger partial charge in [0, 0.05) is 24.5 Å².